The first-order valence-electron chi connectivity index (χ1n) is 8.06. The lowest BCUT2D eigenvalue weighted by Gasteiger charge is -2.26. The first-order valence-corrected chi connectivity index (χ1v) is 8.06. The molecular weight excluding hydrogens is 262 g/mol. The number of hydrogen-bond donors (Lipinski definition) is 2. The van der Waals surface area contributed by atoms with Gasteiger partial charge in [-0.05, 0) is 30.9 Å². The van der Waals surface area contributed by atoms with Crippen LogP contribution in [-0.2, 0) is 11.2 Å². The van der Waals surface area contributed by atoms with Crippen LogP contribution in [0.4, 0.5) is 0 Å². The Morgan fingerprint density at radius 3 is 2.81 bits per heavy atom. The number of nitrogens with zero attached hydrogens (tertiary/aromatic N) is 1. The monoisotopic (exact) mass is 287 g/mol. The van der Waals surface area contributed by atoms with Gasteiger partial charge in [0, 0.05) is 32.7 Å². The van der Waals surface area contributed by atoms with Gasteiger partial charge >= 0.3 is 0 Å². The van der Waals surface area contributed by atoms with Crippen LogP contribution in [-0.4, -0.2) is 50.1 Å². The summed E-state index contributed by atoms with van der Waals surface area (Å²) < 4.78 is 0. The van der Waals surface area contributed by atoms with Crippen LogP contribution >= 0.6 is 0 Å². The standard InChI is InChI=1S/C17H25N3O/c21-17(16-11-18-12-16)19-10-15-7-9-20(13-15)8-6-14-4-2-1-3-5-14/h1-5,15-16,18H,6-13H2,(H,19,21). The molecule has 1 unspecified atom stereocenters. The Morgan fingerprint density at radius 2 is 2.10 bits per heavy atom. The lowest BCUT2D eigenvalue weighted by molar-refractivity contribution is -0.126. The van der Waals surface area contributed by atoms with Crippen molar-refractivity contribution in [2.75, 3.05) is 39.3 Å². The van der Waals surface area contributed by atoms with E-state index in [9.17, 15) is 4.79 Å². The minimum absolute atomic E-state index is 0.209. The van der Waals surface area contributed by atoms with Gasteiger partial charge in [-0.25, -0.2) is 0 Å². The number of amides is 1. The Bertz CT molecular complexity index is 458. The summed E-state index contributed by atoms with van der Waals surface area (Å²) in [5, 5.41) is 6.26. The highest BCUT2D eigenvalue weighted by Crippen LogP contribution is 2.16. The van der Waals surface area contributed by atoms with Crippen molar-refractivity contribution in [3.05, 3.63) is 35.9 Å². The molecule has 1 amide bonds. The van der Waals surface area contributed by atoms with Crippen molar-refractivity contribution in [2.24, 2.45) is 11.8 Å². The highest BCUT2D eigenvalue weighted by molar-refractivity contribution is 5.79. The van der Waals surface area contributed by atoms with Crippen LogP contribution in [0.5, 0.6) is 0 Å². The molecule has 0 radical (unpaired) electrons. The van der Waals surface area contributed by atoms with Crippen molar-refractivity contribution >= 4 is 5.91 Å². The summed E-state index contributed by atoms with van der Waals surface area (Å²) >= 11 is 0. The Kier molecular flexibility index (Phi) is 4.88. The van der Waals surface area contributed by atoms with E-state index in [-0.39, 0.29) is 11.8 Å². The van der Waals surface area contributed by atoms with Crippen molar-refractivity contribution in [1.82, 2.24) is 15.5 Å². The van der Waals surface area contributed by atoms with Gasteiger partial charge in [-0.15, -0.1) is 0 Å². The van der Waals surface area contributed by atoms with Crippen molar-refractivity contribution in [3.8, 4) is 0 Å². The SMILES string of the molecule is O=C(NCC1CCN(CCc2ccccc2)C1)C1CNC1. The van der Waals surface area contributed by atoms with E-state index in [2.05, 4.69) is 45.9 Å². The molecule has 2 heterocycles. The molecule has 0 spiro atoms. The molecule has 0 aliphatic carbocycles. The molecule has 0 aromatic heterocycles. The van der Waals surface area contributed by atoms with E-state index in [0.717, 1.165) is 39.1 Å². The first kappa shape index (κ1) is 14.5. The molecular formula is C17H25N3O. The quantitative estimate of drug-likeness (QED) is 0.816. The largest absolute Gasteiger partial charge is 0.355 e. The summed E-state index contributed by atoms with van der Waals surface area (Å²) in [7, 11) is 0. The van der Waals surface area contributed by atoms with Gasteiger partial charge in [-0.1, -0.05) is 30.3 Å². The number of hydrogen-bond acceptors (Lipinski definition) is 3. The van der Waals surface area contributed by atoms with Crippen LogP contribution in [0.25, 0.3) is 0 Å². The summed E-state index contributed by atoms with van der Waals surface area (Å²) in [6.45, 7) is 5.95. The molecule has 21 heavy (non-hydrogen) atoms. The van der Waals surface area contributed by atoms with Gasteiger partial charge < -0.3 is 15.5 Å². The highest BCUT2D eigenvalue weighted by atomic mass is 16.2. The molecule has 2 fully saturated rings. The van der Waals surface area contributed by atoms with Crippen LogP contribution in [0.3, 0.4) is 0 Å². The first-order chi connectivity index (χ1) is 10.3. The number of benzene rings is 1. The smallest absolute Gasteiger partial charge is 0.225 e. The predicted molar refractivity (Wildman–Crippen MR) is 84.1 cm³/mol. The number of nitrogens with one attached hydrogen (secondary N) is 2. The number of carbonyl (C=O) groups excluding carboxylic acids is 1. The second-order valence-electron chi connectivity index (χ2n) is 6.29. The molecule has 2 aliphatic rings. The maximum atomic E-state index is 11.8. The van der Waals surface area contributed by atoms with E-state index in [0.29, 0.717) is 5.92 Å². The normalized spacial score (nSPS) is 23.0. The lowest BCUT2D eigenvalue weighted by Crippen LogP contribution is -2.51. The topological polar surface area (TPSA) is 44.4 Å². The lowest BCUT2D eigenvalue weighted by atomic mass is 10.0. The molecule has 1 aromatic carbocycles. The Morgan fingerprint density at radius 1 is 1.29 bits per heavy atom. The van der Waals surface area contributed by atoms with Gasteiger partial charge in [0.25, 0.3) is 0 Å². The summed E-state index contributed by atoms with van der Waals surface area (Å²) in [6, 6.07) is 10.7. The molecule has 1 aromatic rings. The predicted octanol–water partition coefficient (Wildman–Crippen LogP) is 0.887. The van der Waals surface area contributed by atoms with Gasteiger partial charge in [0.05, 0.1) is 5.92 Å². The summed E-state index contributed by atoms with van der Waals surface area (Å²) in [4.78, 5) is 14.3. The van der Waals surface area contributed by atoms with Crippen molar-refractivity contribution in [2.45, 2.75) is 12.8 Å². The third-order valence-corrected chi connectivity index (χ3v) is 4.65. The Labute approximate surface area is 126 Å². The molecule has 3 rings (SSSR count). The molecule has 2 saturated heterocycles. The zero-order chi connectivity index (χ0) is 14.5. The summed E-state index contributed by atoms with van der Waals surface area (Å²) in [6.07, 6.45) is 2.33. The molecule has 0 saturated carbocycles. The van der Waals surface area contributed by atoms with Crippen LogP contribution in [0.2, 0.25) is 0 Å². The minimum Gasteiger partial charge on any atom is -0.355 e. The molecule has 0 bridgehead atoms. The zero-order valence-corrected chi connectivity index (χ0v) is 12.6. The fourth-order valence-electron chi connectivity index (χ4n) is 3.08. The molecule has 1 atom stereocenters. The fourth-order valence-corrected chi connectivity index (χ4v) is 3.08. The van der Waals surface area contributed by atoms with Gasteiger partial charge in [-0.2, -0.15) is 0 Å². The van der Waals surface area contributed by atoms with Crippen LogP contribution in [0, 0.1) is 11.8 Å². The van der Waals surface area contributed by atoms with E-state index in [1.165, 1.54) is 18.5 Å². The number of carbonyl (C=O) groups is 1. The maximum Gasteiger partial charge on any atom is 0.225 e. The van der Waals surface area contributed by atoms with E-state index in [1.807, 2.05) is 0 Å². The average Bonchev–Trinajstić information content (AvgIpc) is 2.90. The van der Waals surface area contributed by atoms with E-state index >= 15 is 0 Å². The van der Waals surface area contributed by atoms with Crippen molar-refractivity contribution in [3.63, 3.8) is 0 Å². The van der Waals surface area contributed by atoms with Crippen LogP contribution in [0.15, 0.2) is 30.3 Å². The van der Waals surface area contributed by atoms with Gasteiger partial charge in [0.2, 0.25) is 5.91 Å². The zero-order valence-electron chi connectivity index (χ0n) is 12.6. The van der Waals surface area contributed by atoms with Crippen molar-refractivity contribution in [1.29, 1.82) is 0 Å². The van der Waals surface area contributed by atoms with Gasteiger partial charge in [0.15, 0.2) is 0 Å². The average molecular weight is 287 g/mol. The number of rotatable bonds is 6. The molecule has 2 N–H and O–H groups in total. The Hall–Kier alpha value is -1.39. The van der Waals surface area contributed by atoms with E-state index < -0.39 is 0 Å². The van der Waals surface area contributed by atoms with E-state index in [1.54, 1.807) is 0 Å². The third kappa shape index (κ3) is 4.05. The highest BCUT2D eigenvalue weighted by Gasteiger charge is 2.27. The van der Waals surface area contributed by atoms with Gasteiger partial charge in [0.1, 0.15) is 0 Å². The molecule has 114 valence electrons. The van der Waals surface area contributed by atoms with Crippen LogP contribution < -0.4 is 10.6 Å². The second-order valence-corrected chi connectivity index (χ2v) is 6.29. The summed E-state index contributed by atoms with van der Waals surface area (Å²) in [5.74, 6) is 1.06. The van der Waals surface area contributed by atoms with Crippen molar-refractivity contribution < 1.29 is 4.79 Å². The third-order valence-electron chi connectivity index (χ3n) is 4.65. The fraction of sp³-hybridized carbons (Fsp3) is 0.588. The van der Waals surface area contributed by atoms with E-state index in [4.69, 9.17) is 0 Å². The molecule has 4 heteroatoms. The number of likely N-dealkylation sites (tertiary alicyclic amines) is 1. The maximum absolute atomic E-state index is 11.8. The Balaban J connectivity index is 1.34. The second kappa shape index (κ2) is 7.05. The van der Waals surface area contributed by atoms with Gasteiger partial charge in [-0.3, -0.25) is 4.79 Å². The summed E-state index contributed by atoms with van der Waals surface area (Å²) in [5.41, 5.74) is 1.41. The minimum atomic E-state index is 0.209. The molecule has 4 nitrogen and oxygen atoms in total. The van der Waals surface area contributed by atoms with Crippen LogP contribution in [0.1, 0.15) is 12.0 Å². The molecule has 2 aliphatic heterocycles.